The lowest BCUT2D eigenvalue weighted by Crippen LogP contribution is -2.40. The SMILES string of the molecule is COc1ccc(/C=N\N2C(=O)N[C@@](C)(c3ccc(OC(F)F)cc3)C2=O)cc1. The number of imide groups is 1. The van der Waals surface area contributed by atoms with Crippen LogP contribution in [0.15, 0.2) is 53.6 Å². The summed E-state index contributed by atoms with van der Waals surface area (Å²) in [7, 11) is 1.54. The first kappa shape index (κ1) is 19.3. The molecule has 1 aliphatic heterocycles. The summed E-state index contributed by atoms with van der Waals surface area (Å²) in [6.07, 6.45) is 1.38. The molecule has 2 aromatic rings. The Kier molecular flexibility index (Phi) is 5.25. The maximum atomic E-state index is 12.8. The van der Waals surface area contributed by atoms with E-state index in [1.54, 1.807) is 31.4 Å². The van der Waals surface area contributed by atoms with Crippen molar-refractivity contribution in [3.05, 3.63) is 59.7 Å². The number of methoxy groups -OCH3 is 1. The normalized spacial score (nSPS) is 19.4. The third-order valence-corrected chi connectivity index (χ3v) is 4.26. The summed E-state index contributed by atoms with van der Waals surface area (Å²) in [6.45, 7) is -1.43. The summed E-state index contributed by atoms with van der Waals surface area (Å²) in [5, 5.41) is 7.28. The first-order chi connectivity index (χ1) is 13.3. The topological polar surface area (TPSA) is 80.2 Å². The van der Waals surface area contributed by atoms with E-state index in [1.807, 2.05) is 0 Å². The maximum absolute atomic E-state index is 12.8. The number of rotatable bonds is 6. The summed E-state index contributed by atoms with van der Waals surface area (Å²) in [5.74, 6) is 0.0253. The number of alkyl halides is 2. The molecule has 0 radical (unpaired) electrons. The smallest absolute Gasteiger partial charge is 0.387 e. The van der Waals surface area contributed by atoms with Crippen molar-refractivity contribution in [3.8, 4) is 11.5 Å². The van der Waals surface area contributed by atoms with E-state index in [0.717, 1.165) is 5.01 Å². The number of ether oxygens (including phenoxy) is 2. The van der Waals surface area contributed by atoms with Crippen molar-refractivity contribution in [2.24, 2.45) is 5.10 Å². The molecule has 0 unspecified atom stereocenters. The molecule has 1 saturated heterocycles. The molecule has 146 valence electrons. The highest BCUT2D eigenvalue weighted by molar-refractivity contribution is 6.07. The van der Waals surface area contributed by atoms with Gasteiger partial charge in [-0.1, -0.05) is 12.1 Å². The number of carbonyl (C=O) groups is 2. The van der Waals surface area contributed by atoms with E-state index in [-0.39, 0.29) is 5.75 Å². The van der Waals surface area contributed by atoms with Crippen molar-refractivity contribution in [3.63, 3.8) is 0 Å². The molecule has 1 N–H and O–H groups in total. The first-order valence-corrected chi connectivity index (χ1v) is 8.23. The van der Waals surface area contributed by atoms with Gasteiger partial charge in [-0.15, -0.1) is 5.01 Å². The molecule has 1 heterocycles. The molecule has 0 aromatic heterocycles. The number of urea groups is 1. The number of nitrogens with zero attached hydrogens (tertiary/aromatic N) is 2. The lowest BCUT2D eigenvalue weighted by Gasteiger charge is -2.21. The van der Waals surface area contributed by atoms with Crippen molar-refractivity contribution in [2.75, 3.05) is 7.11 Å². The number of amides is 3. The fourth-order valence-electron chi connectivity index (χ4n) is 2.71. The van der Waals surface area contributed by atoms with Gasteiger partial charge in [0.25, 0.3) is 5.91 Å². The van der Waals surface area contributed by atoms with Crippen LogP contribution in [0.4, 0.5) is 13.6 Å². The molecule has 9 heteroatoms. The summed E-state index contributed by atoms with van der Waals surface area (Å²) in [4.78, 5) is 25.0. The Hall–Kier alpha value is -3.49. The molecule has 0 aliphatic carbocycles. The molecular weight excluding hydrogens is 372 g/mol. The van der Waals surface area contributed by atoms with Crippen LogP contribution >= 0.6 is 0 Å². The van der Waals surface area contributed by atoms with Gasteiger partial charge in [0.05, 0.1) is 13.3 Å². The Bertz CT molecular complexity index is 900. The van der Waals surface area contributed by atoms with Gasteiger partial charge >= 0.3 is 12.6 Å². The number of hydrogen-bond acceptors (Lipinski definition) is 5. The van der Waals surface area contributed by atoms with Gasteiger partial charge in [-0.3, -0.25) is 4.79 Å². The Balaban J connectivity index is 1.78. The standard InChI is InChI=1S/C19H17F2N3O4/c1-19(13-5-9-15(10-6-13)28-17(20)21)16(25)24(18(26)23-19)22-11-12-3-7-14(27-2)8-4-12/h3-11,17H,1-2H3,(H,23,26)/b22-11-/t19-/m0/s1. The van der Waals surface area contributed by atoms with Crippen molar-refractivity contribution >= 4 is 18.2 Å². The summed E-state index contributed by atoms with van der Waals surface area (Å²) >= 11 is 0. The van der Waals surface area contributed by atoms with Gasteiger partial charge in [0.1, 0.15) is 17.0 Å². The van der Waals surface area contributed by atoms with Crippen LogP contribution in [-0.2, 0) is 10.3 Å². The molecule has 2 aromatic carbocycles. The molecule has 0 bridgehead atoms. The van der Waals surface area contributed by atoms with E-state index in [0.29, 0.717) is 16.9 Å². The highest BCUT2D eigenvalue weighted by Gasteiger charge is 2.49. The van der Waals surface area contributed by atoms with E-state index in [4.69, 9.17) is 4.74 Å². The first-order valence-electron chi connectivity index (χ1n) is 8.23. The van der Waals surface area contributed by atoms with E-state index in [1.165, 1.54) is 37.4 Å². The molecule has 3 amide bonds. The van der Waals surface area contributed by atoms with Crippen molar-refractivity contribution in [1.29, 1.82) is 0 Å². The number of nitrogens with one attached hydrogen (secondary N) is 1. The predicted molar refractivity (Wildman–Crippen MR) is 96.4 cm³/mol. The largest absolute Gasteiger partial charge is 0.497 e. The van der Waals surface area contributed by atoms with Gasteiger partial charge in [0.2, 0.25) is 0 Å². The van der Waals surface area contributed by atoms with E-state index in [2.05, 4.69) is 15.2 Å². The fourth-order valence-corrected chi connectivity index (χ4v) is 2.71. The third-order valence-electron chi connectivity index (χ3n) is 4.26. The number of halogens is 2. The number of carbonyl (C=O) groups excluding carboxylic acids is 2. The summed E-state index contributed by atoms with van der Waals surface area (Å²) < 4.78 is 33.9. The monoisotopic (exact) mass is 389 g/mol. The zero-order valence-corrected chi connectivity index (χ0v) is 15.1. The minimum atomic E-state index is -2.95. The zero-order chi connectivity index (χ0) is 20.3. The molecule has 1 aliphatic rings. The van der Waals surface area contributed by atoms with Crippen LogP contribution in [0, 0.1) is 0 Å². The van der Waals surface area contributed by atoms with Crippen LogP contribution in [0.5, 0.6) is 11.5 Å². The third kappa shape index (κ3) is 3.78. The number of hydrogen-bond donors (Lipinski definition) is 1. The Morgan fingerprint density at radius 3 is 2.25 bits per heavy atom. The minimum Gasteiger partial charge on any atom is -0.497 e. The van der Waals surface area contributed by atoms with Gasteiger partial charge in [-0.2, -0.15) is 13.9 Å². The van der Waals surface area contributed by atoms with E-state index in [9.17, 15) is 18.4 Å². The predicted octanol–water partition coefficient (Wildman–Crippen LogP) is 3.10. The maximum Gasteiger partial charge on any atom is 0.387 e. The van der Waals surface area contributed by atoms with Crippen LogP contribution in [0.1, 0.15) is 18.1 Å². The van der Waals surface area contributed by atoms with Gasteiger partial charge in [-0.25, -0.2) is 4.79 Å². The molecule has 1 atom stereocenters. The Morgan fingerprint density at radius 1 is 1.07 bits per heavy atom. The van der Waals surface area contributed by atoms with Crippen LogP contribution in [0.25, 0.3) is 0 Å². The van der Waals surface area contributed by atoms with E-state index < -0.39 is 24.1 Å². The van der Waals surface area contributed by atoms with Crippen molar-refractivity contribution in [1.82, 2.24) is 10.3 Å². The minimum absolute atomic E-state index is 0.0477. The van der Waals surface area contributed by atoms with Crippen LogP contribution < -0.4 is 14.8 Å². The van der Waals surface area contributed by atoms with Crippen LogP contribution in [0.3, 0.4) is 0 Å². The molecule has 0 spiro atoms. The van der Waals surface area contributed by atoms with Crippen molar-refractivity contribution < 1.29 is 27.8 Å². The molecular formula is C19H17F2N3O4. The second-order valence-electron chi connectivity index (χ2n) is 6.09. The average Bonchev–Trinajstić information content (AvgIpc) is 2.90. The molecule has 7 nitrogen and oxygen atoms in total. The highest BCUT2D eigenvalue weighted by atomic mass is 19.3. The van der Waals surface area contributed by atoms with E-state index >= 15 is 0 Å². The molecule has 1 fully saturated rings. The summed E-state index contributed by atoms with van der Waals surface area (Å²) in [6, 6.07) is 11.7. The Labute approximate surface area is 159 Å². The Morgan fingerprint density at radius 2 is 1.68 bits per heavy atom. The lowest BCUT2D eigenvalue weighted by atomic mass is 9.92. The average molecular weight is 389 g/mol. The molecule has 0 saturated carbocycles. The second-order valence-corrected chi connectivity index (χ2v) is 6.09. The lowest BCUT2D eigenvalue weighted by molar-refractivity contribution is -0.131. The second kappa shape index (κ2) is 7.63. The van der Waals surface area contributed by atoms with Gasteiger partial charge < -0.3 is 14.8 Å². The van der Waals surface area contributed by atoms with Gasteiger partial charge in [0.15, 0.2) is 0 Å². The van der Waals surface area contributed by atoms with Crippen LogP contribution in [0.2, 0.25) is 0 Å². The molecule has 3 rings (SSSR count). The van der Waals surface area contributed by atoms with Gasteiger partial charge in [-0.05, 0) is 54.4 Å². The van der Waals surface area contributed by atoms with Crippen molar-refractivity contribution in [2.45, 2.75) is 19.1 Å². The summed E-state index contributed by atoms with van der Waals surface area (Å²) in [5.41, 5.74) is -0.296. The fraction of sp³-hybridized carbons (Fsp3) is 0.211. The van der Waals surface area contributed by atoms with Crippen LogP contribution in [-0.4, -0.2) is 36.9 Å². The number of hydrazone groups is 1. The molecule has 28 heavy (non-hydrogen) atoms. The highest BCUT2D eigenvalue weighted by Crippen LogP contribution is 2.30. The quantitative estimate of drug-likeness (QED) is 0.608. The van der Waals surface area contributed by atoms with Gasteiger partial charge in [0, 0.05) is 0 Å². The zero-order valence-electron chi connectivity index (χ0n) is 15.1. The number of benzene rings is 2.